The van der Waals surface area contributed by atoms with Gasteiger partial charge in [0.25, 0.3) is 0 Å². The number of hydrogen-bond acceptors (Lipinski definition) is 4. The summed E-state index contributed by atoms with van der Waals surface area (Å²) in [6.45, 7) is 7.14. The van der Waals surface area contributed by atoms with Crippen molar-refractivity contribution in [1.82, 2.24) is 5.43 Å². The highest BCUT2D eigenvalue weighted by Crippen LogP contribution is 2.27. The standard InChI is InChI=1S/C23H27N3O3/c1-4-29-21-11-9-20(10-12-21)26-15-19(13-22(26)27)23(28)25-24-14-17-5-7-18(8-6-17)16(2)3/h5-12,14,16,19H,4,13,15H2,1-3H3,(H,25,28)/b24-14-/t19-/m1/s1. The zero-order valence-electron chi connectivity index (χ0n) is 17.1. The predicted molar refractivity (Wildman–Crippen MR) is 114 cm³/mol. The van der Waals surface area contributed by atoms with Gasteiger partial charge in [0.1, 0.15) is 5.75 Å². The highest BCUT2D eigenvalue weighted by molar-refractivity contribution is 6.00. The van der Waals surface area contributed by atoms with Crippen molar-refractivity contribution in [1.29, 1.82) is 0 Å². The maximum absolute atomic E-state index is 12.4. The number of nitrogens with zero attached hydrogens (tertiary/aromatic N) is 2. The summed E-state index contributed by atoms with van der Waals surface area (Å²) in [4.78, 5) is 26.4. The van der Waals surface area contributed by atoms with E-state index in [1.807, 2.05) is 43.3 Å². The van der Waals surface area contributed by atoms with Gasteiger partial charge in [0.2, 0.25) is 11.8 Å². The van der Waals surface area contributed by atoms with Crippen LogP contribution < -0.4 is 15.1 Å². The first-order chi connectivity index (χ1) is 14.0. The van der Waals surface area contributed by atoms with Gasteiger partial charge in [0, 0.05) is 18.7 Å². The molecule has 1 heterocycles. The Bertz CT molecular complexity index is 873. The molecular weight excluding hydrogens is 366 g/mol. The summed E-state index contributed by atoms with van der Waals surface area (Å²) < 4.78 is 5.43. The highest BCUT2D eigenvalue weighted by Gasteiger charge is 2.35. The van der Waals surface area contributed by atoms with E-state index in [9.17, 15) is 9.59 Å². The lowest BCUT2D eigenvalue weighted by Crippen LogP contribution is -2.30. The maximum Gasteiger partial charge on any atom is 0.245 e. The highest BCUT2D eigenvalue weighted by atomic mass is 16.5. The summed E-state index contributed by atoms with van der Waals surface area (Å²) in [7, 11) is 0. The van der Waals surface area contributed by atoms with Crippen molar-refractivity contribution < 1.29 is 14.3 Å². The minimum absolute atomic E-state index is 0.0671. The van der Waals surface area contributed by atoms with Gasteiger partial charge in [0.05, 0.1) is 18.7 Å². The number of anilines is 1. The molecule has 2 aromatic rings. The van der Waals surface area contributed by atoms with E-state index >= 15 is 0 Å². The molecule has 0 saturated carbocycles. The third kappa shape index (κ3) is 5.22. The van der Waals surface area contributed by atoms with E-state index in [2.05, 4.69) is 36.5 Å². The van der Waals surface area contributed by atoms with E-state index in [-0.39, 0.29) is 18.2 Å². The summed E-state index contributed by atoms with van der Waals surface area (Å²) in [6.07, 6.45) is 1.79. The zero-order chi connectivity index (χ0) is 20.8. The lowest BCUT2D eigenvalue weighted by molar-refractivity contribution is -0.126. The van der Waals surface area contributed by atoms with Gasteiger partial charge in [-0.1, -0.05) is 38.1 Å². The Balaban J connectivity index is 1.55. The van der Waals surface area contributed by atoms with Crippen LogP contribution >= 0.6 is 0 Å². The van der Waals surface area contributed by atoms with Gasteiger partial charge in [-0.15, -0.1) is 0 Å². The van der Waals surface area contributed by atoms with Crippen LogP contribution in [0.15, 0.2) is 53.6 Å². The maximum atomic E-state index is 12.4. The number of hydrazone groups is 1. The summed E-state index contributed by atoms with van der Waals surface area (Å²) in [6, 6.07) is 15.4. The van der Waals surface area contributed by atoms with E-state index in [0.29, 0.717) is 19.1 Å². The number of carbonyl (C=O) groups is 2. The molecule has 6 nitrogen and oxygen atoms in total. The van der Waals surface area contributed by atoms with Crippen LogP contribution in [0, 0.1) is 5.92 Å². The van der Waals surface area contributed by atoms with Crippen LogP contribution in [0.5, 0.6) is 5.75 Å². The number of rotatable bonds is 7. The molecule has 1 saturated heterocycles. The van der Waals surface area contributed by atoms with Gasteiger partial charge >= 0.3 is 0 Å². The van der Waals surface area contributed by atoms with Gasteiger partial charge in [0.15, 0.2) is 0 Å². The average molecular weight is 393 g/mol. The number of carbonyl (C=O) groups excluding carboxylic acids is 2. The van der Waals surface area contributed by atoms with E-state index in [1.54, 1.807) is 11.1 Å². The summed E-state index contributed by atoms with van der Waals surface area (Å²) in [5.74, 6) is 0.491. The third-order valence-electron chi connectivity index (χ3n) is 4.95. The SMILES string of the molecule is CCOc1ccc(N2C[C@H](C(=O)N/N=C\c3ccc(C(C)C)cc3)CC2=O)cc1. The van der Waals surface area contributed by atoms with Gasteiger partial charge in [-0.05, 0) is 48.2 Å². The molecule has 1 aliphatic heterocycles. The Morgan fingerprint density at radius 2 is 1.90 bits per heavy atom. The molecule has 3 rings (SSSR count). The van der Waals surface area contributed by atoms with Crippen molar-refractivity contribution in [3.63, 3.8) is 0 Å². The molecule has 0 spiro atoms. The minimum Gasteiger partial charge on any atom is -0.494 e. The summed E-state index contributed by atoms with van der Waals surface area (Å²) in [5.41, 5.74) is 5.49. The van der Waals surface area contributed by atoms with Crippen molar-refractivity contribution >= 4 is 23.7 Å². The first-order valence-corrected chi connectivity index (χ1v) is 9.94. The van der Waals surface area contributed by atoms with Crippen LogP contribution in [0.2, 0.25) is 0 Å². The predicted octanol–water partition coefficient (Wildman–Crippen LogP) is 3.71. The Labute approximate surface area is 171 Å². The lowest BCUT2D eigenvalue weighted by Gasteiger charge is -2.17. The monoisotopic (exact) mass is 393 g/mol. The normalized spacial score (nSPS) is 16.6. The zero-order valence-corrected chi connectivity index (χ0v) is 17.1. The second-order valence-electron chi connectivity index (χ2n) is 7.39. The smallest absolute Gasteiger partial charge is 0.245 e. The second kappa shape index (κ2) is 9.37. The van der Waals surface area contributed by atoms with Crippen LogP contribution in [0.4, 0.5) is 5.69 Å². The van der Waals surface area contributed by atoms with Crippen molar-refractivity contribution in [2.75, 3.05) is 18.1 Å². The Hall–Kier alpha value is -3.15. The minimum atomic E-state index is -0.422. The number of nitrogens with one attached hydrogen (secondary N) is 1. The molecule has 1 atom stereocenters. The van der Waals surface area contributed by atoms with Gasteiger partial charge < -0.3 is 9.64 Å². The second-order valence-corrected chi connectivity index (χ2v) is 7.39. The van der Waals surface area contributed by atoms with Gasteiger partial charge in [-0.2, -0.15) is 5.10 Å². The van der Waals surface area contributed by atoms with Crippen LogP contribution in [0.25, 0.3) is 0 Å². The van der Waals surface area contributed by atoms with Gasteiger partial charge in [-0.25, -0.2) is 5.43 Å². The Morgan fingerprint density at radius 1 is 1.21 bits per heavy atom. The first kappa shape index (κ1) is 20.6. The van der Waals surface area contributed by atoms with Crippen molar-refractivity contribution in [2.24, 2.45) is 11.0 Å². The molecule has 1 aliphatic rings. The molecule has 6 heteroatoms. The fraction of sp³-hybridized carbons (Fsp3) is 0.348. The molecular formula is C23H27N3O3. The fourth-order valence-corrected chi connectivity index (χ4v) is 3.25. The molecule has 0 unspecified atom stereocenters. The van der Waals surface area contributed by atoms with Crippen molar-refractivity contribution in [3.05, 3.63) is 59.7 Å². The van der Waals surface area contributed by atoms with Crippen molar-refractivity contribution in [2.45, 2.75) is 33.1 Å². The number of ether oxygens (including phenoxy) is 1. The largest absolute Gasteiger partial charge is 0.494 e. The molecule has 2 amide bonds. The topological polar surface area (TPSA) is 71.0 Å². The van der Waals surface area contributed by atoms with E-state index in [4.69, 9.17) is 4.74 Å². The van der Waals surface area contributed by atoms with Crippen LogP contribution in [-0.4, -0.2) is 31.2 Å². The molecule has 1 fully saturated rings. The molecule has 0 aromatic heterocycles. The van der Waals surface area contributed by atoms with Crippen LogP contribution in [0.1, 0.15) is 44.2 Å². The molecule has 1 N–H and O–H groups in total. The van der Waals surface area contributed by atoms with Crippen LogP contribution in [-0.2, 0) is 9.59 Å². The molecule has 29 heavy (non-hydrogen) atoms. The van der Waals surface area contributed by atoms with E-state index in [0.717, 1.165) is 17.0 Å². The average Bonchev–Trinajstić information content (AvgIpc) is 3.11. The van der Waals surface area contributed by atoms with Gasteiger partial charge in [-0.3, -0.25) is 9.59 Å². The molecule has 0 bridgehead atoms. The summed E-state index contributed by atoms with van der Waals surface area (Å²) >= 11 is 0. The number of benzene rings is 2. The lowest BCUT2D eigenvalue weighted by atomic mass is 10.0. The molecule has 2 aromatic carbocycles. The summed E-state index contributed by atoms with van der Waals surface area (Å²) in [5, 5.41) is 4.04. The first-order valence-electron chi connectivity index (χ1n) is 9.94. The molecule has 0 radical (unpaired) electrons. The third-order valence-corrected chi connectivity index (χ3v) is 4.95. The van der Waals surface area contributed by atoms with Crippen LogP contribution in [0.3, 0.4) is 0 Å². The van der Waals surface area contributed by atoms with E-state index in [1.165, 1.54) is 5.56 Å². The quantitative estimate of drug-likeness (QED) is 0.576. The Morgan fingerprint density at radius 3 is 2.52 bits per heavy atom. The number of hydrogen-bond donors (Lipinski definition) is 1. The number of amides is 2. The molecule has 0 aliphatic carbocycles. The Kier molecular flexibility index (Phi) is 6.65. The van der Waals surface area contributed by atoms with E-state index < -0.39 is 5.92 Å². The molecule has 152 valence electrons. The fourth-order valence-electron chi connectivity index (χ4n) is 3.25. The van der Waals surface area contributed by atoms with Crippen molar-refractivity contribution in [3.8, 4) is 5.75 Å².